The molecule has 104 valence electrons. The molecule has 2 rings (SSSR count). The largest absolute Gasteiger partial charge is 0.501 e. The minimum atomic E-state index is -0.560. The van der Waals surface area contributed by atoms with Gasteiger partial charge in [-0.2, -0.15) is 0 Å². The van der Waals surface area contributed by atoms with Crippen molar-refractivity contribution >= 4 is 0 Å². The van der Waals surface area contributed by atoms with Crippen LogP contribution in [0.15, 0.2) is 11.8 Å². The fraction of sp³-hybridized carbons (Fsp3) is 0.875. The Morgan fingerprint density at radius 3 is 1.78 bits per heavy atom. The van der Waals surface area contributed by atoms with Crippen LogP contribution in [0.2, 0.25) is 0 Å². The van der Waals surface area contributed by atoms with Crippen LogP contribution in [0, 0.1) is 0 Å². The Morgan fingerprint density at radius 1 is 0.833 bits per heavy atom. The smallest absolute Gasteiger partial charge is 0.0912 e. The van der Waals surface area contributed by atoms with E-state index in [0.717, 1.165) is 44.3 Å². The molecule has 1 N–H and O–H groups in total. The molecule has 18 heavy (non-hydrogen) atoms. The van der Waals surface area contributed by atoms with Crippen LogP contribution >= 0.6 is 0 Å². The number of hydrogen-bond acceptors (Lipinski definition) is 2. The van der Waals surface area contributed by atoms with Gasteiger partial charge in [-0.3, -0.25) is 0 Å². The summed E-state index contributed by atoms with van der Waals surface area (Å²) in [6.45, 7) is 0.762. The van der Waals surface area contributed by atoms with Gasteiger partial charge in [-0.15, -0.1) is 0 Å². The Hall–Kier alpha value is -0.500. The summed E-state index contributed by atoms with van der Waals surface area (Å²) < 4.78 is 5.33. The van der Waals surface area contributed by atoms with Crippen LogP contribution in [0.3, 0.4) is 0 Å². The van der Waals surface area contributed by atoms with Gasteiger partial charge in [-0.1, -0.05) is 57.8 Å². The molecule has 0 unspecified atom stereocenters. The second-order valence-corrected chi connectivity index (χ2v) is 5.98. The number of hydrogen-bond donors (Lipinski definition) is 1. The summed E-state index contributed by atoms with van der Waals surface area (Å²) in [6.07, 6.45) is 16.3. The molecule has 0 amide bonds. The van der Waals surface area contributed by atoms with Crippen LogP contribution < -0.4 is 0 Å². The third-order valence-electron chi connectivity index (χ3n) is 4.49. The van der Waals surface area contributed by atoms with E-state index in [0.29, 0.717) is 0 Å². The molecule has 1 saturated carbocycles. The summed E-state index contributed by atoms with van der Waals surface area (Å²) in [7, 11) is 0. The van der Waals surface area contributed by atoms with Gasteiger partial charge in [0.25, 0.3) is 0 Å². The van der Waals surface area contributed by atoms with Crippen molar-refractivity contribution in [1.29, 1.82) is 0 Å². The zero-order chi connectivity index (χ0) is 12.7. The van der Waals surface area contributed by atoms with Crippen molar-refractivity contribution in [3.05, 3.63) is 11.8 Å². The van der Waals surface area contributed by atoms with E-state index in [1.807, 2.05) is 6.26 Å². The number of ether oxygens (including phenoxy) is 1. The molecular weight excluding hydrogens is 224 g/mol. The molecule has 2 heteroatoms. The van der Waals surface area contributed by atoms with E-state index in [1.165, 1.54) is 44.9 Å². The normalized spacial score (nSPS) is 26.6. The molecule has 0 aromatic heterocycles. The first-order chi connectivity index (χ1) is 8.81. The van der Waals surface area contributed by atoms with Gasteiger partial charge in [-0.05, 0) is 18.4 Å². The Balaban J connectivity index is 1.91. The fourth-order valence-corrected chi connectivity index (χ4v) is 3.25. The van der Waals surface area contributed by atoms with Crippen LogP contribution in [0.4, 0.5) is 0 Å². The van der Waals surface area contributed by atoms with Crippen LogP contribution in [0.1, 0.15) is 77.0 Å². The summed E-state index contributed by atoms with van der Waals surface area (Å²) in [5, 5.41) is 10.9. The zero-order valence-electron chi connectivity index (χ0n) is 11.6. The molecule has 0 aromatic carbocycles. The van der Waals surface area contributed by atoms with Crippen molar-refractivity contribution in [3.8, 4) is 0 Å². The Morgan fingerprint density at radius 2 is 1.33 bits per heavy atom. The van der Waals surface area contributed by atoms with E-state index >= 15 is 0 Å². The van der Waals surface area contributed by atoms with E-state index in [2.05, 4.69) is 0 Å². The first kappa shape index (κ1) is 13.9. The number of aliphatic hydroxyl groups is 1. The van der Waals surface area contributed by atoms with E-state index in [-0.39, 0.29) is 0 Å². The van der Waals surface area contributed by atoms with Crippen molar-refractivity contribution in [3.63, 3.8) is 0 Å². The number of rotatable bonds is 1. The van der Waals surface area contributed by atoms with E-state index in [9.17, 15) is 5.11 Å². The summed E-state index contributed by atoms with van der Waals surface area (Å²) in [5.41, 5.74) is 0.593. The van der Waals surface area contributed by atoms with Crippen molar-refractivity contribution in [1.82, 2.24) is 0 Å². The minimum Gasteiger partial charge on any atom is -0.501 e. The highest BCUT2D eigenvalue weighted by Crippen LogP contribution is 2.34. The maximum absolute atomic E-state index is 10.9. The van der Waals surface area contributed by atoms with E-state index in [4.69, 9.17) is 4.74 Å². The summed E-state index contributed by atoms with van der Waals surface area (Å²) in [5.74, 6) is 0. The highest BCUT2D eigenvalue weighted by molar-refractivity contribution is 5.17. The first-order valence-electron chi connectivity index (χ1n) is 7.85. The molecule has 1 fully saturated rings. The van der Waals surface area contributed by atoms with Crippen molar-refractivity contribution in [2.45, 2.75) is 82.7 Å². The average molecular weight is 252 g/mol. The third kappa shape index (κ3) is 4.01. The fourth-order valence-electron chi connectivity index (χ4n) is 3.25. The van der Waals surface area contributed by atoms with E-state index in [1.54, 1.807) is 0 Å². The zero-order valence-corrected chi connectivity index (χ0v) is 11.6. The molecule has 0 saturated heterocycles. The molecular formula is C16H28O2. The highest BCUT2D eigenvalue weighted by Gasteiger charge is 2.32. The SMILES string of the molecule is OC1(C2=COCC2)CCCCCCCCCCC1. The maximum atomic E-state index is 10.9. The van der Waals surface area contributed by atoms with Crippen LogP contribution in [0.5, 0.6) is 0 Å². The van der Waals surface area contributed by atoms with Gasteiger partial charge < -0.3 is 9.84 Å². The lowest BCUT2D eigenvalue weighted by atomic mass is 9.82. The van der Waals surface area contributed by atoms with Crippen molar-refractivity contribution in [2.75, 3.05) is 6.61 Å². The molecule has 1 aliphatic heterocycles. The average Bonchev–Trinajstić information content (AvgIpc) is 2.88. The quantitative estimate of drug-likeness (QED) is 0.753. The lowest BCUT2D eigenvalue weighted by Gasteiger charge is -2.29. The second kappa shape index (κ2) is 7.18. The second-order valence-electron chi connectivity index (χ2n) is 5.98. The van der Waals surface area contributed by atoms with Crippen molar-refractivity contribution in [2.24, 2.45) is 0 Å². The third-order valence-corrected chi connectivity index (χ3v) is 4.49. The lowest BCUT2D eigenvalue weighted by molar-refractivity contribution is 0.0518. The topological polar surface area (TPSA) is 29.5 Å². The van der Waals surface area contributed by atoms with Gasteiger partial charge in [0.1, 0.15) is 0 Å². The molecule has 0 bridgehead atoms. The van der Waals surface area contributed by atoms with Crippen LogP contribution in [0.25, 0.3) is 0 Å². The Kier molecular flexibility index (Phi) is 5.55. The highest BCUT2D eigenvalue weighted by atomic mass is 16.5. The van der Waals surface area contributed by atoms with Crippen LogP contribution in [-0.2, 0) is 4.74 Å². The van der Waals surface area contributed by atoms with Crippen molar-refractivity contribution < 1.29 is 9.84 Å². The maximum Gasteiger partial charge on any atom is 0.0912 e. The molecule has 2 nitrogen and oxygen atoms in total. The standard InChI is InChI=1S/C16H28O2/c17-16(15-10-13-18-14-15)11-8-6-4-2-1-3-5-7-9-12-16/h14,17H,1-13H2. The molecule has 0 atom stereocenters. The predicted molar refractivity (Wildman–Crippen MR) is 74.4 cm³/mol. The van der Waals surface area contributed by atoms with Gasteiger partial charge in [0.15, 0.2) is 0 Å². The Bertz CT molecular complexity index is 258. The van der Waals surface area contributed by atoms with E-state index < -0.39 is 5.60 Å². The molecule has 1 aliphatic carbocycles. The minimum absolute atomic E-state index is 0.560. The molecule has 1 heterocycles. The van der Waals surface area contributed by atoms with Gasteiger partial charge >= 0.3 is 0 Å². The summed E-state index contributed by atoms with van der Waals surface area (Å²) in [4.78, 5) is 0. The molecule has 0 radical (unpaired) electrons. The summed E-state index contributed by atoms with van der Waals surface area (Å²) >= 11 is 0. The summed E-state index contributed by atoms with van der Waals surface area (Å²) in [6, 6.07) is 0. The van der Waals surface area contributed by atoms with Gasteiger partial charge in [-0.25, -0.2) is 0 Å². The first-order valence-corrected chi connectivity index (χ1v) is 7.85. The predicted octanol–water partition coefficient (Wildman–Crippen LogP) is 4.33. The molecule has 0 aromatic rings. The molecule has 0 spiro atoms. The van der Waals surface area contributed by atoms with Gasteiger partial charge in [0.05, 0.1) is 18.5 Å². The monoisotopic (exact) mass is 252 g/mol. The Labute approximate surface area is 111 Å². The van der Waals surface area contributed by atoms with Gasteiger partial charge in [0.2, 0.25) is 0 Å². The lowest BCUT2D eigenvalue weighted by Crippen LogP contribution is -2.31. The van der Waals surface area contributed by atoms with Gasteiger partial charge in [0, 0.05) is 6.42 Å². The molecule has 2 aliphatic rings. The van der Waals surface area contributed by atoms with Crippen LogP contribution in [-0.4, -0.2) is 17.3 Å².